The van der Waals surface area contributed by atoms with Crippen LogP contribution in [0.3, 0.4) is 0 Å². The van der Waals surface area contributed by atoms with Crippen molar-refractivity contribution in [2.45, 2.75) is 203 Å². The van der Waals surface area contributed by atoms with Crippen LogP contribution in [0.1, 0.15) is 152 Å². The number of ether oxygens (including phenoxy) is 4. The second kappa shape index (κ2) is 29.0. The van der Waals surface area contributed by atoms with Crippen molar-refractivity contribution >= 4 is 79.1 Å². The standard InChI is InChI=1S/C39H53N5O11S.C26H32N4O7S.CH3O.Na/c1-35(2,3)54-33(46)40-23-22-39-30-25(20-21-37(7,8)48)13-11-14-28(30)42(31(45)29-15-12-24-41(29)34(47)55-36(4,5)6)32(39)53-38(9,10)44(39)56(51,52)27-18-16-26(17-19-27)43(49)50;1-24(2,3)37-23(31)29-16-15-26(28-38(35,36)19-11-9-18(10-12-19)30(33)34)21-17(13-14-25(4,5)32)7-6-8-20(21)27-22(26)29;1-2;/h11,13-14,16-21,29,32,48H,12,15,22-24H2,1-10H3,(H,40,46);6-14,22,27-28,32H,15-16H2,1-5H3;1H3;/q;;-1;+1/b21-20+;14-13+;;/t29?,32-,39-;22-,26+;;/m01../s1. The first-order valence-corrected chi connectivity index (χ1v) is 34.0. The number of sulfonamides is 2. The number of nitrogens with one attached hydrogen (secondary N) is 3. The number of amides is 4. The van der Waals surface area contributed by atoms with Crippen LogP contribution in [0.2, 0.25) is 0 Å². The fourth-order valence-electron chi connectivity index (χ4n) is 12.4. The van der Waals surface area contributed by atoms with Gasteiger partial charge in [-0.15, -0.1) is 0 Å². The van der Waals surface area contributed by atoms with Gasteiger partial charge < -0.3 is 44.9 Å². The van der Waals surface area contributed by atoms with Crippen LogP contribution in [0.4, 0.5) is 37.1 Å². The van der Waals surface area contributed by atoms with E-state index in [2.05, 4.69) is 15.4 Å². The molecule has 3 saturated heterocycles. The summed E-state index contributed by atoms with van der Waals surface area (Å²) in [7, 11) is -8.10. The fraction of sp³-hybridized carbons (Fsp3) is 0.515. The number of anilines is 2. The van der Waals surface area contributed by atoms with Crippen LogP contribution < -0.4 is 54.9 Å². The molecule has 0 bridgehead atoms. The van der Waals surface area contributed by atoms with Gasteiger partial charge in [-0.3, -0.25) is 39.7 Å². The van der Waals surface area contributed by atoms with E-state index in [4.69, 9.17) is 24.1 Å². The van der Waals surface area contributed by atoms with Crippen LogP contribution in [-0.2, 0) is 54.9 Å². The second-order valence-corrected chi connectivity index (χ2v) is 31.8. The normalized spacial score (nSPS) is 21.4. The number of nitrogens with zero attached hydrogens (tertiary/aromatic N) is 6. The van der Waals surface area contributed by atoms with Gasteiger partial charge in [-0.1, -0.05) is 48.6 Å². The minimum Gasteiger partial charge on any atom is -0.857 e. The summed E-state index contributed by atoms with van der Waals surface area (Å²) in [5.74, 6) is -0.532. The summed E-state index contributed by atoms with van der Waals surface area (Å²) in [6.45, 7) is 25.3. The van der Waals surface area contributed by atoms with Gasteiger partial charge in [-0.2, -0.15) is 16.1 Å². The van der Waals surface area contributed by atoms with Crippen LogP contribution >= 0.6 is 0 Å². The molecule has 5 aliphatic heterocycles. The number of hydrogen-bond acceptors (Lipinski definition) is 20. The van der Waals surface area contributed by atoms with E-state index in [-0.39, 0.29) is 83.2 Å². The van der Waals surface area contributed by atoms with Crippen LogP contribution in [-0.4, -0.2) is 154 Å². The average molecular weight is 1400 g/mol. The minimum atomic E-state index is -4.65. The van der Waals surface area contributed by atoms with Crippen LogP contribution in [0.15, 0.2) is 107 Å². The van der Waals surface area contributed by atoms with Gasteiger partial charge in [0, 0.05) is 60.7 Å². The molecule has 1 unspecified atom stereocenters. The molecule has 0 saturated carbocycles. The van der Waals surface area contributed by atoms with Crippen molar-refractivity contribution in [1.29, 1.82) is 0 Å². The molecule has 4 amide bonds. The molecule has 5 heterocycles. The van der Waals surface area contributed by atoms with Crippen molar-refractivity contribution in [3.05, 3.63) is 140 Å². The summed E-state index contributed by atoms with van der Waals surface area (Å²) in [6.07, 6.45) is 3.21. The number of aliphatic hydroxyl groups is 2. The number of carbonyl (C=O) groups is 4. The zero-order chi connectivity index (χ0) is 71.9. The van der Waals surface area contributed by atoms with Gasteiger partial charge in [0.1, 0.15) is 45.8 Å². The summed E-state index contributed by atoms with van der Waals surface area (Å²) in [6, 6.07) is 18.6. The molecular formula is C66H88N9NaO19S2. The third kappa shape index (κ3) is 17.5. The average Bonchev–Trinajstić information content (AvgIpc) is 1.51. The Kier molecular flexibility index (Phi) is 23.6. The molecule has 0 radical (unpaired) electrons. The first kappa shape index (κ1) is 78.9. The number of non-ortho nitro benzene ring substituents is 2. The molecule has 31 heteroatoms. The molecule has 9 rings (SSSR count). The van der Waals surface area contributed by atoms with Crippen molar-refractivity contribution in [2.24, 2.45) is 0 Å². The number of likely N-dealkylation sites (tertiary alicyclic amines) is 2. The second-order valence-electron chi connectivity index (χ2n) is 28.4. The molecule has 524 valence electrons. The molecule has 28 nitrogen and oxygen atoms in total. The number of nitro groups is 2. The Morgan fingerprint density at radius 1 is 0.691 bits per heavy atom. The largest absolute Gasteiger partial charge is 1.00 e. The van der Waals surface area contributed by atoms with Crippen LogP contribution in [0.25, 0.3) is 12.2 Å². The number of fused-ring (bicyclic) bond motifs is 6. The molecule has 97 heavy (non-hydrogen) atoms. The Balaban J connectivity index is 0.000000316. The van der Waals surface area contributed by atoms with E-state index in [0.29, 0.717) is 46.5 Å². The zero-order valence-electron chi connectivity index (χ0n) is 57.9. The first-order valence-electron chi connectivity index (χ1n) is 31.1. The Hall–Kier alpha value is -7.10. The molecule has 5 atom stereocenters. The third-order valence-corrected chi connectivity index (χ3v) is 19.5. The quantitative estimate of drug-likeness (QED) is 0.0397. The Bertz CT molecular complexity index is 3910. The predicted molar refractivity (Wildman–Crippen MR) is 355 cm³/mol. The molecule has 4 aromatic carbocycles. The van der Waals surface area contributed by atoms with Gasteiger partial charge in [0.25, 0.3) is 17.3 Å². The maximum atomic E-state index is 15.1. The van der Waals surface area contributed by atoms with Crippen molar-refractivity contribution in [3.63, 3.8) is 0 Å². The van der Waals surface area contributed by atoms with Crippen molar-refractivity contribution in [1.82, 2.24) is 24.1 Å². The van der Waals surface area contributed by atoms with Gasteiger partial charge >= 0.3 is 47.8 Å². The van der Waals surface area contributed by atoms with E-state index in [1.54, 1.807) is 139 Å². The molecule has 0 aliphatic carbocycles. The molecule has 4 aromatic rings. The molecule has 5 N–H and O–H groups in total. The summed E-state index contributed by atoms with van der Waals surface area (Å²) < 4.78 is 85.1. The molecular weight excluding hydrogens is 1310 g/mol. The maximum Gasteiger partial charge on any atom is 1.00 e. The molecule has 0 spiro atoms. The van der Waals surface area contributed by atoms with Gasteiger partial charge in [0.2, 0.25) is 20.0 Å². The van der Waals surface area contributed by atoms with Crippen molar-refractivity contribution in [2.75, 3.05) is 37.0 Å². The van der Waals surface area contributed by atoms with Crippen LogP contribution in [0, 0.1) is 20.2 Å². The SMILES string of the molecule is CC(C)(O)/C=C/c1cccc2c1[C@@]1(CCNC(=O)OC(C)(C)C)[C@H](OC(C)(C)N1S(=O)(=O)c1ccc([N+](=O)[O-])cc1)N2C(=O)C1CCCN1C(=O)OC(C)(C)C.CC(C)(O)/C=C/c1cccc2c1[C@@]1(NS(=O)(=O)c3ccc([N+](=O)[O-])cc3)CCN(C(=O)OC(C)(C)C)[C@H]1N2.C[O-].[Na+]. The predicted octanol–water partition coefficient (Wildman–Crippen LogP) is 5.94. The van der Waals surface area contributed by atoms with Gasteiger partial charge in [0.05, 0.1) is 36.5 Å². The monoisotopic (exact) mass is 1400 g/mol. The number of carbonyl (C=O) groups excluding carboxylic acids is 4. The fourth-order valence-corrected chi connectivity index (χ4v) is 15.8. The maximum absolute atomic E-state index is 15.1. The van der Waals surface area contributed by atoms with Crippen molar-refractivity contribution in [3.8, 4) is 0 Å². The Labute approximate surface area is 588 Å². The number of rotatable bonds is 15. The van der Waals surface area contributed by atoms with E-state index in [9.17, 15) is 53.2 Å². The Morgan fingerprint density at radius 3 is 1.67 bits per heavy atom. The van der Waals surface area contributed by atoms with Gasteiger partial charge in [-0.25, -0.2) is 31.2 Å². The number of benzene rings is 4. The number of nitro benzene ring substituents is 2. The Morgan fingerprint density at radius 2 is 1.18 bits per heavy atom. The first-order chi connectivity index (χ1) is 44.2. The topological polar surface area (TPSA) is 372 Å². The van der Waals surface area contributed by atoms with Gasteiger partial charge in [-0.05, 0) is 177 Å². The van der Waals surface area contributed by atoms with E-state index < -0.39 is 117 Å². The summed E-state index contributed by atoms with van der Waals surface area (Å²) in [5.41, 5.74) is -7.12. The molecule has 5 aliphatic rings. The van der Waals surface area contributed by atoms with E-state index in [1.807, 2.05) is 6.07 Å². The number of alkyl carbamates (subject to hydrolysis) is 1. The van der Waals surface area contributed by atoms with Gasteiger partial charge in [0.15, 0.2) is 6.23 Å². The van der Waals surface area contributed by atoms with Crippen molar-refractivity contribution < 1.29 is 110 Å². The third-order valence-electron chi connectivity index (χ3n) is 15.8. The number of hydrogen-bond donors (Lipinski definition) is 5. The summed E-state index contributed by atoms with van der Waals surface area (Å²) >= 11 is 0. The minimum absolute atomic E-state index is 0. The van der Waals surface area contributed by atoms with Crippen LogP contribution in [0.5, 0.6) is 0 Å². The smallest absolute Gasteiger partial charge is 0.857 e. The van der Waals surface area contributed by atoms with E-state index in [1.165, 1.54) is 51.1 Å². The van der Waals surface area contributed by atoms with E-state index >= 15 is 13.2 Å². The van der Waals surface area contributed by atoms with E-state index in [0.717, 1.165) is 43.5 Å². The molecule has 3 fully saturated rings. The molecule has 0 aromatic heterocycles. The zero-order valence-corrected chi connectivity index (χ0v) is 61.5. The summed E-state index contributed by atoms with van der Waals surface area (Å²) in [5, 5.41) is 57.9. The summed E-state index contributed by atoms with van der Waals surface area (Å²) in [4.78, 5) is 79.9.